The summed E-state index contributed by atoms with van der Waals surface area (Å²) in [5.74, 6) is -0.107. The zero-order chi connectivity index (χ0) is 17.6. The number of amides is 2. The van der Waals surface area contributed by atoms with Gasteiger partial charge in [0.15, 0.2) is 6.10 Å². The first-order valence-corrected chi connectivity index (χ1v) is 7.71. The fraction of sp³-hybridized carbons (Fsp3) is 0.500. The van der Waals surface area contributed by atoms with Crippen LogP contribution in [-0.4, -0.2) is 23.7 Å². The first-order valence-electron chi connectivity index (χ1n) is 7.33. The van der Waals surface area contributed by atoms with Crippen LogP contribution >= 0.6 is 11.6 Å². The van der Waals surface area contributed by atoms with Crippen molar-refractivity contribution in [1.29, 1.82) is 0 Å². The molecular weight excluding hydrogens is 320 g/mol. The topological polar surface area (TPSA) is 90.7 Å². The van der Waals surface area contributed by atoms with Crippen LogP contribution in [0.15, 0.2) is 18.2 Å². The maximum atomic E-state index is 11.7. The number of ether oxygens (including phenoxy) is 2. The van der Waals surface area contributed by atoms with Crippen LogP contribution in [0.2, 0.25) is 5.02 Å². The molecule has 0 aliphatic rings. The molecule has 1 unspecified atom stereocenters. The summed E-state index contributed by atoms with van der Waals surface area (Å²) in [7, 11) is 0. The third-order valence-electron chi connectivity index (χ3n) is 2.80. The third kappa shape index (κ3) is 6.78. The highest BCUT2D eigenvalue weighted by Crippen LogP contribution is 2.24. The number of nitrogens with one attached hydrogen (secondary N) is 1. The Morgan fingerprint density at radius 3 is 2.52 bits per heavy atom. The molecule has 0 fully saturated rings. The van der Waals surface area contributed by atoms with Gasteiger partial charge in [0.2, 0.25) is 0 Å². The SMILES string of the molecule is CCC(Oc1ccc(Cl)cc1CNC(=O)OC(C)(C)C)C(N)=O. The molecule has 1 atom stereocenters. The average Bonchev–Trinajstić information content (AvgIpc) is 2.41. The van der Waals surface area contributed by atoms with Crippen molar-refractivity contribution < 1.29 is 19.1 Å². The third-order valence-corrected chi connectivity index (χ3v) is 3.04. The quantitative estimate of drug-likeness (QED) is 0.831. The van der Waals surface area contributed by atoms with Crippen LogP contribution < -0.4 is 15.8 Å². The van der Waals surface area contributed by atoms with Crippen LogP contribution in [0.5, 0.6) is 5.75 Å². The smallest absolute Gasteiger partial charge is 0.407 e. The second-order valence-corrected chi connectivity index (χ2v) is 6.46. The van der Waals surface area contributed by atoms with Gasteiger partial charge in [-0.25, -0.2) is 4.79 Å². The molecule has 0 bridgehead atoms. The lowest BCUT2D eigenvalue weighted by atomic mass is 10.2. The lowest BCUT2D eigenvalue weighted by Gasteiger charge is -2.21. The summed E-state index contributed by atoms with van der Waals surface area (Å²) >= 11 is 5.98. The lowest BCUT2D eigenvalue weighted by molar-refractivity contribution is -0.124. The highest BCUT2D eigenvalue weighted by molar-refractivity contribution is 6.30. The molecule has 1 rings (SSSR count). The highest BCUT2D eigenvalue weighted by atomic mass is 35.5. The van der Waals surface area contributed by atoms with Crippen molar-refractivity contribution >= 4 is 23.6 Å². The van der Waals surface area contributed by atoms with Crippen LogP contribution in [-0.2, 0) is 16.1 Å². The first-order chi connectivity index (χ1) is 10.6. The number of rotatable bonds is 6. The van der Waals surface area contributed by atoms with Crippen molar-refractivity contribution in [2.24, 2.45) is 5.73 Å². The Kier molecular flexibility index (Phi) is 6.69. The van der Waals surface area contributed by atoms with E-state index in [4.69, 9.17) is 26.8 Å². The number of hydrogen-bond donors (Lipinski definition) is 2. The maximum Gasteiger partial charge on any atom is 0.407 e. The number of hydrogen-bond acceptors (Lipinski definition) is 4. The van der Waals surface area contributed by atoms with Crippen LogP contribution in [0.25, 0.3) is 0 Å². The Bertz CT molecular complexity index is 570. The number of alkyl carbamates (subject to hydrolysis) is 1. The van der Waals surface area contributed by atoms with Crippen molar-refractivity contribution in [3.63, 3.8) is 0 Å². The first kappa shape index (κ1) is 19.1. The van der Waals surface area contributed by atoms with E-state index in [2.05, 4.69) is 5.32 Å². The number of carbonyl (C=O) groups excluding carboxylic acids is 2. The molecular formula is C16H23ClN2O4. The molecule has 6 nitrogen and oxygen atoms in total. The van der Waals surface area contributed by atoms with E-state index in [1.54, 1.807) is 45.9 Å². The van der Waals surface area contributed by atoms with E-state index in [1.807, 2.05) is 0 Å². The number of halogens is 1. The Labute approximate surface area is 141 Å². The van der Waals surface area contributed by atoms with Gasteiger partial charge in [-0.2, -0.15) is 0 Å². The summed E-state index contributed by atoms with van der Waals surface area (Å²) in [5.41, 5.74) is 5.33. The molecule has 0 saturated carbocycles. The fourth-order valence-corrected chi connectivity index (χ4v) is 1.97. The number of nitrogens with two attached hydrogens (primary N) is 1. The predicted molar refractivity (Wildman–Crippen MR) is 88.4 cm³/mol. The van der Waals surface area contributed by atoms with Crippen LogP contribution in [0.3, 0.4) is 0 Å². The van der Waals surface area contributed by atoms with Gasteiger partial charge in [0.25, 0.3) is 5.91 Å². The second-order valence-electron chi connectivity index (χ2n) is 6.02. The van der Waals surface area contributed by atoms with Gasteiger partial charge in [-0.05, 0) is 45.4 Å². The van der Waals surface area contributed by atoms with E-state index in [0.717, 1.165) is 0 Å². The van der Waals surface area contributed by atoms with Crippen molar-refractivity contribution in [2.75, 3.05) is 0 Å². The van der Waals surface area contributed by atoms with E-state index in [9.17, 15) is 9.59 Å². The van der Waals surface area contributed by atoms with Gasteiger partial charge < -0.3 is 20.5 Å². The standard InChI is InChI=1S/C16H23ClN2O4/c1-5-12(14(18)20)22-13-7-6-11(17)8-10(13)9-19-15(21)23-16(2,3)4/h6-8,12H,5,9H2,1-4H3,(H2,18,20)(H,19,21). The molecule has 0 heterocycles. The molecule has 0 aliphatic heterocycles. The molecule has 0 saturated heterocycles. The number of benzene rings is 1. The molecule has 0 aromatic heterocycles. The molecule has 1 aromatic carbocycles. The van der Waals surface area contributed by atoms with E-state index >= 15 is 0 Å². The Morgan fingerprint density at radius 1 is 1.35 bits per heavy atom. The summed E-state index contributed by atoms with van der Waals surface area (Å²) in [4.78, 5) is 23.1. The van der Waals surface area contributed by atoms with E-state index < -0.39 is 23.7 Å². The van der Waals surface area contributed by atoms with Crippen molar-refractivity contribution in [3.05, 3.63) is 28.8 Å². The zero-order valence-electron chi connectivity index (χ0n) is 13.8. The number of carbonyl (C=O) groups is 2. The molecule has 1 aromatic rings. The largest absolute Gasteiger partial charge is 0.480 e. The molecule has 3 N–H and O–H groups in total. The molecule has 7 heteroatoms. The normalized spacial score (nSPS) is 12.4. The van der Waals surface area contributed by atoms with Gasteiger partial charge in [0.05, 0.1) is 0 Å². The molecule has 2 amide bonds. The van der Waals surface area contributed by atoms with Gasteiger partial charge in [-0.1, -0.05) is 18.5 Å². The van der Waals surface area contributed by atoms with Crippen LogP contribution in [0.1, 0.15) is 39.7 Å². The van der Waals surface area contributed by atoms with Crippen molar-refractivity contribution in [1.82, 2.24) is 5.32 Å². The second kappa shape index (κ2) is 8.06. The van der Waals surface area contributed by atoms with Gasteiger partial charge >= 0.3 is 6.09 Å². The molecule has 0 spiro atoms. The average molecular weight is 343 g/mol. The van der Waals surface area contributed by atoms with E-state index in [1.165, 1.54) is 0 Å². The van der Waals surface area contributed by atoms with Gasteiger partial charge in [-0.3, -0.25) is 4.79 Å². The van der Waals surface area contributed by atoms with Crippen LogP contribution in [0.4, 0.5) is 4.79 Å². The molecule has 128 valence electrons. The van der Waals surface area contributed by atoms with Crippen LogP contribution in [0, 0.1) is 0 Å². The minimum atomic E-state index is -0.739. The predicted octanol–water partition coefficient (Wildman–Crippen LogP) is 3.01. The minimum absolute atomic E-state index is 0.153. The fourth-order valence-electron chi connectivity index (χ4n) is 1.78. The summed E-state index contributed by atoms with van der Waals surface area (Å²) < 4.78 is 10.8. The van der Waals surface area contributed by atoms with Gasteiger partial charge in [-0.15, -0.1) is 0 Å². The van der Waals surface area contributed by atoms with E-state index in [0.29, 0.717) is 22.8 Å². The van der Waals surface area contributed by atoms with Crippen molar-refractivity contribution in [3.8, 4) is 5.75 Å². The summed E-state index contributed by atoms with van der Waals surface area (Å²) in [6, 6.07) is 4.93. The Balaban J connectivity index is 2.83. The van der Waals surface area contributed by atoms with Gasteiger partial charge in [0.1, 0.15) is 11.4 Å². The molecule has 0 aliphatic carbocycles. The van der Waals surface area contributed by atoms with Gasteiger partial charge in [0, 0.05) is 17.1 Å². The summed E-state index contributed by atoms with van der Waals surface area (Å²) in [5, 5.41) is 3.12. The summed E-state index contributed by atoms with van der Waals surface area (Å²) in [6.07, 6.45) is -0.849. The van der Waals surface area contributed by atoms with E-state index in [-0.39, 0.29) is 6.54 Å². The molecule has 0 radical (unpaired) electrons. The zero-order valence-corrected chi connectivity index (χ0v) is 14.6. The number of primary amides is 1. The Hall–Kier alpha value is -1.95. The lowest BCUT2D eigenvalue weighted by Crippen LogP contribution is -2.34. The minimum Gasteiger partial charge on any atom is -0.480 e. The monoisotopic (exact) mass is 342 g/mol. The molecule has 23 heavy (non-hydrogen) atoms. The van der Waals surface area contributed by atoms with Crippen molar-refractivity contribution in [2.45, 2.75) is 52.4 Å². The summed E-state index contributed by atoms with van der Waals surface area (Å²) in [6.45, 7) is 7.28. The highest BCUT2D eigenvalue weighted by Gasteiger charge is 2.19. The Morgan fingerprint density at radius 2 is 2.00 bits per heavy atom. The maximum absolute atomic E-state index is 11.7.